The number of aliphatic imine (C=N–C) groups is 1. The molecule has 82 valence electrons. The minimum absolute atomic E-state index is 0.310. The lowest BCUT2D eigenvalue weighted by atomic mass is 10.0. The number of carbonyl (C=O) groups excluding carboxylic acids is 1. The average Bonchev–Trinajstić information content (AvgIpc) is 2.48. The van der Waals surface area contributed by atoms with Crippen LogP contribution in [0, 0.1) is 17.2 Å². The molecule has 0 N–H and O–H groups in total. The third-order valence-electron chi connectivity index (χ3n) is 2.39. The molecule has 0 amide bonds. The van der Waals surface area contributed by atoms with Crippen molar-refractivity contribution in [1.82, 2.24) is 0 Å². The van der Waals surface area contributed by atoms with Gasteiger partial charge in [-0.1, -0.05) is 6.42 Å². The molecule has 1 heterocycles. The molecule has 1 aliphatic heterocycles. The molecule has 0 saturated heterocycles. The molecular weight excluding hydrogens is 192 g/mol. The molecule has 0 aromatic carbocycles. The van der Waals surface area contributed by atoms with Crippen LogP contribution in [-0.4, -0.2) is 24.8 Å². The summed E-state index contributed by atoms with van der Waals surface area (Å²) >= 11 is 0. The van der Waals surface area contributed by atoms with Crippen LogP contribution >= 0.6 is 0 Å². The van der Waals surface area contributed by atoms with Gasteiger partial charge < -0.3 is 4.74 Å². The maximum Gasteiger partial charge on any atom is 0.329 e. The Labute approximate surface area is 89.9 Å². The van der Waals surface area contributed by atoms with Crippen LogP contribution in [0.15, 0.2) is 4.99 Å². The van der Waals surface area contributed by atoms with Gasteiger partial charge in [-0.15, -0.1) is 0 Å². The van der Waals surface area contributed by atoms with Gasteiger partial charge in [0.15, 0.2) is 5.92 Å². The Bertz CT molecular complexity index is 291. The Kier molecular flexibility index (Phi) is 4.82. The summed E-state index contributed by atoms with van der Waals surface area (Å²) in [6.45, 7) is 2.78. The van der Waals surface area contributed by atoms with Crippen LogP contribution in [-0.2, 0) is 9.53 Å². The number of rotatable bonds is 3. The topological polar surface area (TPSA) is 62.5 Å². The van der Waals surface area contributed by atoms with Crippen LogP contribution in [0.25, 0.3) is 0 Å². The van der Waals surface area contributed by atoms with E-state index in [0.717, 1.165) is 32.2 Å². The molecular formula is C11H16N2O2. The fourth-order valence-corrected chi connectivity index (χ4v) is 1.62. The van der Waals surface area contributed by atoms with E-state index >= 15 is 0 Å². The van der Waals surface area contributed by atoms with Crippen molar-refractivity contribution in [3.63, 3.8) is 0 Å². The second kappa shape index (κ2) is 6.18. The largest absolute Gasteiger partial charge is 0.465 e. The molecule has 1 aliphatic rings. The zero-order valence-electron chi connectivity index (χ0n) is 9.03. The van der Waals surface area contributed by atoms with Crippen LogP contribution in [0.1, 0.15) is 32.6 Å². The minimum atomic E-state index is -0.789. The molecule has 4 heteroatoms. The molecule has 0 fully saturated rings. The van der Waals surface area contributed by atoms with Gasteiger partial charge in [0.2, 0.25) is 0 Å². The number of carbonyl (C=O) groups is 1. The van der Waals surface area contributed by atoms with Gasteiger partial charge in [0.1, 0.15) is 0 Å². The Morgan fingerprint density at radius 3 is 3.07 bits per heavy atom. The van der Waals surface area contributed by atoms with E-state index in [2.05, 4.69) is 4.99 Å². The van der Waals surface area contributed by atoms with E-state index in [4.69, 9.17) is 10.00 Å². The van der Waals surface area contributed by atoms with Crippen molar-refractivity contribution in [1.29, 1.82) is 5.26 Å². The molecule has 0 spiro atoms. The van der Waals surface area contributed by atoms with Gasteiger partial charge in [0.25, 0.3) is 0 Å². The minimum Gasteiger partial charge on any atom is -0.465 e. The van der Waals surface area contributed by atoms with E-state index in [1.165, 1.54) is 0 Å². The second-order valence-corrected chi connectivity index (χ2v) is 3.50. The third kappa shape index (κ3) is 3.35. The zero-order chi connectivity index (χ0) is 11.1. The van der Waals surface area contributed by atoms with Crippen molar-refractivity contribution in [2.45, 2.75) is 32.6 Å². The van der Waals surface area contributed by atoms with Crippen molar-refractivity contribution in [2.75, 3.05) is 13.2 Å². The second-order valence-electron chi connectivity index (χ2n) is 3.50. The number of esters is 1. The van der Waals surface area contributed by atoms with Crippen LogP contribution < -0.4 is 0 Å². The number of ether oxygens (including phenoxy) is 1. The van der Waals surface area contributed by atoms with E-state index in [0.29, 0.717) is 12.3 Å². The van der Waals surface area contributed by atoms with Gasteiger partial charge in [-0.05, 0) is 26.2 Å². The lowest BCUT2D eigenvalue weighted by molar-refractivity contribution is -0.144. The first kappa shape index (κ1) is 11.7. The predicted molar refractivity (Wildman–Crippen MR) is 56.5 cm³/mol. The van der Waals surface area contributed by atoms with Gasteiger partial charge in [0, 0.05) is 12.3 Å². The van der Waals surface area contributed by atoms with Crippen molar-refractivity contribution >= 4 is 11.7 Å². The highest BCUT2D eigenvalue weighted by Gasteiger charge is 2.25. The molecule has 1 rings (SSSR count). The lowest BCUT2D eigenvalue weighted by Gasteiger charge is -2.09. The summed E-state index contributed by atoms with van der Waals surface area (Å²) in [5.74, 6) is -1.25. The smallest absolute Gasteiger partial charge is 0.329 e. The van der Waals surface area contributed by atoms with E-state index < -0.39 is 11.9 Å². The Hall–Kier alpha value is -1.37. The zero-order valence-corrected chi connectivity index (χ0v) is 9.03. The fraction of sp³-hybridized carbons (Fsp3) is 0.727. The summed E-state index contributed by atoms with van der Waals surface area (Å²) < 4.78 is 4.85. The van der Waals surface area contributed by atoms with Gasteiger partial charge in [-0.2, -0.15) is 5.26 Å². The Morgan fingerprint density at radius 1 is 1.60 bits per heavy atom. The van der Waals surface area contributed by atoms with E-state index in [9.17, 15) is 4.79 Å². The molecule has 0 aromatic heterocycles. The third-order valence-corrected chi connectivity index (χ3v) is 2.39. The highest BCUT2D eigenvalue weighted by Crippen LogP contribution is 2.14. The first-order valence-electron chi connectivity index (χ1n) is 5.39. The van der Waals surface area contributed by atoms with Gasteiger partial charge in [0.05, 0.1) is 12.7 Å². The van der Waals surface area contributed by atoms with E-state index in [1.807, 2.05) is 6.07 Å². The van der Waals surface area contributed by atoms with Crippen molar-refractivity contribution in [2.24, 2.45) is 10.9 Å². The maximum atomic E-state index is 11.5. The summed E-state index contributed by atoms with van der Waals surface area (Å²) in [5, 5.41) is 8.94. The standard InChI is InChI=1S/C11H16N2O2/c1-2-15-11(14)9(8-12)10-6-4-3-5-7-13-10/h9H,2-7H2,1H3/t9-/m0/s1. The van der Waals surface area contributed by atoms with Gasteiger partial charge in [-0.3, -0.25) is 9.79 Å². The lowest BCUT2D eigenvalue weighted by Crippen LogP contribution is -2.24. The summed E-state index contributed by atoms with van der Waals surface area (Å²) in [6.07, 6.45) is 3.92. The fourth-order valence-electron chi connectivity index (χ4n) is 1.62. The number of nitrogens with zero attached hydrogens (tertiary/aromatic N) is 2. The highest BCUT2D eigenvalue weighted by molar-refractivity contribution is 6.04. The van der Waals surface area contributed by atoms with Gasteiger partial charge >= 0.3 is 5.97 Å². The quantitative estimate of drug-likeness (QED) is 0.663. The summed E-state index contributed by atoms with van der Waals surface area (Å²) in [4.78, 5) is 15.8. The van der Waals surface area contributed by atoms with E-state index in [1.54, 1.807) is 6.92 Å². The van der Waals surface area contributed by atoms with Crippen LogP contribution in [0.5, 0.6) is 0 Å². The molecule has 0 aliphatic carbocycles. The normalized spacial score (nSPS) is 18.3. The maximum absolute atomic E-state index is 11.5. The molecule has 0 bridgehead atoms. The molecule has 0 aromatic rings. The number of nitriles is 1. The average molecular weight is 208 g/mol. The molecule has 0 unspecified atom stereocenters. The van der Waals surface area contributed by atoms with Crippen LogP contribution in [0.4, 0.5) is 0 Å². The van der Waals surface area contributed by atoms with Crippen molar-refractivity contribution in [3.8, 4) is 6.07 Å². The summed E-state index contributed by atoms with van der Waals surface area (Å²) in [6, 6.07) is 1.98. The molecule has 1 atom stereocenters. The Morgan fingerprint density at radius 2 is 2.40 bits per heavy atom. The number of hydrogen-bond donors (Lipinski definition) is 0. The van der Waals surface area contributed by atoms with E-state index in [-0.39, 0.29) is 0 Å². The Balaban J connectivity index is 2.68. The number of hydrogen-bond acceptors (Lipinski definition) is 4. The van der Waals surface area contributed by atoms with Crippen molar-refractivity contribution < 1.29 is 9.53 Å². The predicted octanol–water partition coefficient (Wildman–Crippen LogP) is 1.70. The first-order valence-corrected chi connectivity index (χ1v) is 5.39. The van der Waals surface area contributed by atoms with Crippen molar-refractivity contribution in [3.05, 3.63) is 0 Å². The molecule has 0 saturated carbocycles. The summed E-state index contributed by atoms with van der Waals surface area (Å²) in [7, 11) is 0. The van der Waals surface area contributed by atoms with Crippen LogP contribution in [0.2, 0.25) is 0 Å². The van der Waals surface area contributed by atoms with Crippen LogP contribution in [0.3, 0.4) is 0 Å². The molecule has 15 heavy (non-hydrogen) atoms. The SMILES string of the molecule is CCOC(=O)[C@@H](C#N)C1=NCCCCC1. The molecule has 4 nitrogen and oxygen atoms in total. The monoisotopic (exact) mass is 208 g/mol. The first-order chi connectivity index (χ1) is 7.29. The molecule has 0 radical (unpaired) electrons. The summed E-state index contributed by atoms with van der Waals surface area (Å²) in [5.41, 5.74) is 0.702. The highest BCUT2D eigenvalue weighted by atomic mass is 16.5. The van der Waals surface area contributed by atoms with Gasteiger partial charge in [-0.25, -0.2) is 0 Å².